The standard InChI is InChI=1S/C33H63IN2O2/c1-7-8-9-10-18-32(19-11-16-30(2)28-37-25-14-23-35-4)20-13-22-33(27-34)21-12-17-31(3)29-38-26-15-24-36(5)6/h16-18,33,35H,7-15,19-29H2,1-6H3/b30-16-,31-17-,32-18+. The van der Waals surface area contributed by atoms with Crippen LogP contribution in [0.3, 0.4) is 0 Å². The fraction of sp³-hybridized carbons (Fsp3) is 0.818. The Hall–Kier alpha value is -0.210. The van der Waals surface area contributed by atoms with Crippen molar-refractivity contribution >= 4 is 22.6 Å². The molecule has 0 heterocycles. The van der Waals surface area contributed by atoms with Crippen LogP contribution in [0, 0.1) is 5.92 Å². The molecule has 1 atom stereocenters. The minimum Gasteiger partial charge on any atom is -0.377 e. The average Bonchev–Trinajstić information content (AvgIpc) is 2.89. The van der Waals surface area contributed by atoms with Gasteiger partial charge in [0.05, 0.1) is 13.2 Å². The van der Waals surface area contributed by atoms with Crippen molar-refractivity contribution in [3.8, 4) is 0 Å². The third-order valence-corrected chi connectivity index (χ3v) is 8.11. The largest absolute Gasteiger partial charge is 0.377 e. The number of halogens is 1. The van der Waals surface area contributed by atoms with Crippen LogP contribution in [-0.4, -0.2) is 70.0 Å². The molecule has 0 bridgehead atoms. The van der Waals surface area contributed by atoms with Crippen LogP contribution in [0.4, 0.5) is 0 Å². The highest BCUT2D eigenvalue weighted by molar-refractivity contribution is 14.1. The Bertz CT molecular complexity index is 616. The molecule has 0 amide bonds. The molecule has 0 radical (unpaired) electrons. The van der Waals surface area contributed by atoms with E-state index in [1.54, 1.807) is 5.57 Å². The number of rotatable bonds is 27. The van der Waals surface area contributed by atoms with Crippen LogP contribution in [0.25, 0.3) is 0 Å². The Kier molecular flexibility index (Phi) is 28.2. The van der Waals surface area contributed by atoms with Gasteiger partial charge in [-0.3, -0.25) is 0 Å². The van der Waals surface area contributed by atoms with E-state index in [2.05, 4.69) is 85.9 Å². The van der Waals surface area contributed by atoms with Crippen molar-refractivity contribution in [2.45, 2.75) is 104 Å². The number of allylic oxidation sites excluding steroid dienone is 4. The summed E-state index contributed by atoms with van der Waals surface area (Å²) in [6.07, 6.45) is 23.5. The molecule has 224 valence electrons. The molecule has 5 heteroatoms. The second-order valence-corrected chi connectivity index (χ2v) is 12.1. The van der Waals surface area contributed by atoms with Gasteiger partial charge in [0, 0.05) is 17.6 Å². The number of hydrogen-bond donors (Lipinski definition) is 1. The van der Waals surface area contributed by atoms with Gasteiger partial charge in [-0.2, -0.15) is 0 Å². The lowest BCUT2D eigenvalue weighted by Crippen LogP contribution is -2.15. The third kappa shape index (κ3) is 26.0. The molecular weight excluding hydrogens is 583 g/mol. The van der Waals surface area contributed by atoms with Crippen molar-refractivity contribution in [1.29, 1.82) is 0 Å². The minimum absolute atomic E-state index is 0.771. The summed E-state index contributed by atoms with van der Waals surface area (Å²) in [6, 6.07) is 0. The topological polar surface area (TPSA) is 33.7 Å². The number of unbranched alkanes of at least 4 members (excludes halogenated alkanes) is 3. The SMILES string of the molecule is CCCCC/C=C(\CC/C=C(/C)COCCCNC)CCCC(CI)CC/C=C(/C)COCCCN(C)C. The Morgan fingerprint density at radius 2 is 1.50 bits per heavy atom. The molecule has 1 unspecified atom stereocenters. The van der Waals surface area contributed by atoms with E-state index in [1.807, 2.05) is 7.05 Å². The van der Waals surface area contributed by atoms with Crippen molar-refractivity contribution in [3.63, 3.8) is 0 Å². The van der Waals surface area contributed by atoms with Crippen LogP contribution >= 0.6 is 22.6 Å². The maximum Gasteiger partial charge on any atom is 0.0674 e. The van der Waals surface area contributed by atoms with Crippen LogP contribution in [0.1, 0.15) is 104 Å². The van der Waals surface area contributed by atoms with Gasteiger partial charge in [-0.1, -0.05) is 77.3 Å². The first-order chi connectivity index (χ1) is 18.4. The first-order valence-electron chi connectivity index (χ1n) is 15.4. The van der Waals surface area contributed by atoms with Crippen LogP contribution in [0.15, 0.2) is 34.9 Å². The first kappa shape index (κ1) is 37.8. The second-order valence-electron chi connectivity index (χ2n) is 11.2. The van der Waals surface area contributed by atoms with Gasteiger partial charge in [0.25, 0.3) is 0 Å². The lowest BCUT2D eigenvalue weighted by Gasteiger charge is -2.14. The summed E-state index contributed by atoms with van der Waals surface area (Å²) < 4.78 is 12.9. The van der Waals surface area contributed by atoms with Crippen molar-refractivity contribution in [2.75, 3.05) is 65.1 Å². The molecular formula is C33H63IN2O2. The highest BCUT2D eigenvalue weighted by Gasteiger charge is 2.08. The molecule has 0 aromatic carbocycles. The maximum atomic E-state index is 5.83. The zero-order chi connectivity index (χ0) is 28.3. The van der Waals surface area contributed by atoms with E-state index in [0.29, 0.717) is 0 Å². The summed E-state index contributed by atoms with van der Waals surface area (Å²) >= 11 is 2.59. The lowest BCUT2D eigenvalue weighted by atomic mass is 9.94. The van der Waals surface area contributed by atoms with E-state index in [0.717, 1.165) is 64.7 Å². The molecule has 0 saturated heterocycles. The summed E-state index contributed by atoms with van der Waals surface area (Å²) in [5.74, 6) is 0.823. The molecule has 1 N–H and O–H groups in total. The molecule has 0 saturated carbocycles. The first-order valence-corrected chi connectivity index (χ1v) is 16.9. The van der Waals surface area contributed by atoms with Crippen molar-refractivity contribution in [2.24, 2.45) is 5.92 Å². The van der Waals surface area contributed by atoms with Gasteiger partial charge in [0.15, 0.2) is 0 Å². The van der Waals surface area contributed by atoms with Crippen molar-refractivity contribution in [3.05, 3.63) is 34.9 Å². The molecule has 4 nitrogen and oxygen atoms in total. The quantitative estimate of drug-likeness (QED) is 0.0419. The fourth-order valence-corrected chi connectivity index (χ4v) is 5.31. The Balaban J connectivity index is 4.41. The zero-order valence-corrected chi connectivity index (χ0v) is 28.3. The predicted octanol–water partition coefficient (Wildman–Crippen LogP) is 8.76. The normalized spacial score (nSPS) is 14.1. The minimum atomic E-state index is 0.771. The van der Waals surface area contributed by atoms with Gasteiger partial charge >= 0.3 is 0 Å². The Morgan fingerprint density at radius 3 is 2.13 bits per heavy atom. The van der Waals surface area contributed by atoms with Crippen molar-refractivity contribution < 1.29 is 9.47 Å². The number of hydrogen-bond acceptors (Lipinski definition) is 4. The maximum absolute atomic E-state index is 5.83. The van der Waals surface area contributed by atoms with E-state index < -0.39 is 0 Å². The van der Waals surface area contributed by atoms with Crippen LogP contribution in [0.5, 0.6) is 0 Å². The van der Waals surface area contributed by atoms with Gasteiger partial charge in [-0.15, -0.1) is 0 Å². The van der Waals surface area contributed by atoms with Crippen LogP contribution < -0.4 is 5.32 Å². The predicted molar refractivity (Wildman–Crippen MR) is 178 cm³/mol. The number of ether oxygens (including phenoxy) is 2. The van der Waals surface area contributed by atoms with Gasteiger partial charge in [-0.05, 0) is 125 Å². The Labute approximate surface area is 251 Å². The molecule has 0 aromatic rings. The molecule has 0 spiro atoms. The fourth-order valence-electron chi connectivity index (χ4n) is 4.43. The second kappa shape index (κ2) is 28.3. The van der Waals surface area contributed by atoms with Crippen LogP contribution in [0.2, 0.25) is 0 Å². The van der Waals surface area contributed by atoms with Crippen molar-refractivity contribution in [1.82, 2.24) is 10.2 Å². The molecule has 0 aliphatic carbocycles. The van der Waals surface area contributed by atoms with Crippen LogP contribution in [-0.2, 0) is 9.47 Å². The molecule has 0 aliphatic rings. The van der Waals surface area contributed by atoms with Gasteiger partial charge in [-0.25, -0.2) is 0 Å². The molecule has 0 aliphatic heterocycles. The molecule has 38 heavy (non-hydrogen) atoms. The van der Waals surface area contributed by atoms with Gasteiger partial charge in [0.1, 0.15) is 0 Å². The number of nitrogens with zero attached hydrogens (tertiary/aromatic N) is 1. The van der Waals surface area contributed by atoms with E-state index in [-0.39, 0.29) is 0 Å². The highest BCUT2D eigenvalue weighted by Crippen LogP contribution is 2.23. The highest BCUT2D eigenvalue weighted by atomic mass is 127. The summed E-state index contributed by atoms with van der Waals surface area (Å²) in [5.41, 5.74) is 4.42. The zero-order valence-electron chi connectivity index (χ0n) is 26.1. The summed E-state index contributed by atoms with van der Waals surface area (Å²) in [4.78, 5) is 2.21. The van der Waals surface area contributed by atoms with Gasteiger partial charge < -0.3 is 19.7 Å². The summed E-state index contributed by atoms with van der Waals surface area (Å²) in [6.45, 7) is 12.1. The molecule has 0 fully saturated rings. The Morgan fingerprint density at radius 1 is 0.816 bits per heavy atom. The average molecular weight is 647 g/mol. The summed E-state index contributed by atoms with van der Waals surface area (Å²) in [7, 11) is 6.22. The van der Waals surface area contributed by atoms with E-state index in [9.17, 15) is 0 Å². The van der Waals surface area contributed by atoms with E-state index >= 15 is 0 Å². The number of alkyl halides is 1. The van der Waals surface area contributed by atoms with E-state index in [1.165, 1.54) is 79.8 Å². The van der Waals surface area contributed by atoms with Gasteiger partial charge in [0.2, 0.25) is 0 Å². The summed E-state index contributed by atoms with van der Waals surface area (Å²) in [5, 5.41) is 3.17. The van der Waals surface area contributed by atoms with E-state index in [4.69, 9.17) is 9.47 Å². The lowest BCUT2D eigenvalue weighted by molar-refractivity contribution is 0.146. The molecule has 0 rings (SSSR count). The third-order valence-electron chi connectivity index (χ3n) is 6.86. The smallest absolute Gasteiger partial charge is 0.0674 e. The monoisotopic (exact) mass is 646 g/mol. The molecule has 0 aromatic heterocycles. The number of nitrogens with one attached hydrogen (secondary N) is 1.